The third kappa shape index (κ3) is 2.93. The van der Waals surface area contributed by atoms with Crippen molar-refractivity contribution >= 4 is 65.2 Å². The highest BCUT2D eigenvalue weighted by molar-refractivity contribution is 6.21. The van der Waals surface area contributed by atoms with Crippen LogP contribution in [0.1, 0.15) is 20.8 Å². The second-order valence-corrected chi connectivity index (χ2v) is 11.4. The van der Waals surface area contributed by atoms with E-state index in [0.717, 1.165) is 5.69 Å². The van der Waals surface area contributed by atoms with Crippen LogP contribution < -0.4 is 0 Å². The molecule has 3 heteroatoms. The molecule has 38 heavy (non-hydrogen) atoms. The second-order valence-electron chi connectivity index (χ2n) is 11.4. The van der Waals surface area contributed by atoms with Gasteiger partial charge in [-0.25, -0.2) is 0 Å². The van der Waals surface area contributed by atoms with E-state index in [2.05, 4.69) is 126 Å². The highest BCUT2D eigenvalue weighted by Crippen LogP contribution is 2.41. The molecule has 0 saturated heterocycles. The third-order valence-corrected chi connectivity index (χ3v) is 7.96. The van der Waals surface area contributed by atoms with Crippen molar-refractivity contribution in [2.24, 2.45) is 0 Å². The summed E-state index contributed by atoms with van der Waals surface area (Å²) in [5, 5.41) is 10.2. The highest BCUT2D eigenvalue weighted by Gasteiger charge is 2.23. The molecule has 0 radical (unpaired) electrons. The third-order valence-electron chi connectivity index (χ3n) is 7.96. The number of benzene rings is 5. The fourth-order valence-corrected chi connectivity index (χ4v) is 6.40. The van der Waals surface area contributed by atoms with Gasteiger partial charge in [-0.15, -0.1) is 0 Å². The van der Waals surface area contributed by atoms with Crippen LogP contribution in [0.15, 0.2) is 109 Å². The van der Waals surface area contributed by atoms with Crippen LogP contribution in [-0.2, 0) is 5.54 Å². The van der Waals surface area contributed by atoms with Crippen LogP contribution in [0.3, 0.4) is 0 Å². The SMILES string of the molecule is CC(C)(C)n1c2ccccc2c2cc3c4cc5cc6ccccc6cc5cc4n(-c4cccnc4)c3cc21. The zero-order chi connectivity index (χ0) is 25.6. The largest absolute Gasteiger partial charge is 0.335 e. The average molecular weight is 490 g/mol. The van der Waals surface area contributed by atoms with Crippen LogP contribution in [0, 0.1) is 0 Å². The summed E-state index contributed by atoms with van der Waals surface area (Å²) in [6.45, 7) is 6.87. The summed E-state index contributed by atoms with van der Waals surface area (Å²) < 4.78 is 4.88. The molecular formula is C35H27N3. The molecule has 182 valence electrons. The first-order chi connectivity index (χ1) is 18.5. The molecule has 0 bridgehead atoms. The molecule has 3 heterocycles. The quantitative estimate of drug-likeness (QED) is 0.211. The zero-order valence-corrected chi connectivity index (χ0v) is 21.7. The fraction of sp³-hybridized carbons (Fsp3) is 0.114. The lowest BCUT2D eigenvalue weighted by atomic mass is 10.0. The number of aromatic nitrogens is 3. The lowest BCUT2D eigenvalue weighted by Crippen LogP contribution is -2.21. The van der Waals surface area contributed by atoms with Crippen LogP contribution in [0.4, 0.5) is 0 Å². The first kappa shape index (κ1) is 21.5. The maximum Gasteiger partial charge on any atom is 0.0645 e. The van der Waals surface area contributed by atoms with Crippen molar-refractivity contribution in [3.63, 3.8) is 0 Å². The van der Waals surface area contributed by atoms with E-state index in [1.54, 1.807) is 0 Å². The van der Waals surface area contributed by atoms with E-state index in [0.29, 0.717) is 0 Å². The summed E-state index contributed by atoms with van der Waals surface area (Å²) in [4.78, 5) is 4.49. The molecule has 0 aliphatic carbocycles. The first-order valence-corrected chi connectivity index (χ1v) is 13.2. The van der Waals surface area contributed by atoms with Gasteiger partial charge in [0.1, 0.15) is 0 Å². The Hall–Kier alpha value is -4.63. The number of nitrogens with zero attached hydrogens (tertiary/aromatic N) is 3. The van der Waals surface area contributed by atoms with Gasteiger partial charge in [0.25, 0.3) is 0 Å². The molecule has 0 N–H and O–H groups in total. The molecule has 8 rings (SSSR count). The van der Waals surface area contributed by atoms with Crippen molar-refractivity contribution in [3.05, 3.63) is 109 Å². The van der Waals surface area contributed by atoms with Gasteiger partial charge in [0, 0.05) is 38.8 Å². The molecule has 5 aromatic carbocycles. The van der Waals surface area contributed by atoms with Gasteiger partial charge in [-0.3, -0.25) is 4.98 Å². The lowest BCUT2D eigenvalue weighted by molar-refractivity contribution is 0.423. The summed E-state index contributed by atoms with van der Waals surface area (Å²) in [5.74, 6) is 0. The number of hydrogen-bond acceptors (Lipinski definition) is 1. The molecule has 3 aromatic heterocycles. The lowest BCUT2D eigenvalue weighted by Gasteiger charge is -2.24. The van der Waals surface area contributed by atoms with Gasteiger partial charge in [-0.2, -0.15) is 0 Å². The van der Waals surface area contributed by atoms with E-state index in [4.69, 9.17) is 0 Å². The summed E-state index contributed by atoms with van der Waals surface area (Å²) >= 11 is 0. The number of fused-ring (bicyclic) bond motifs is 8. The topological polar surface area (TPSA) is 22.8 Å². The average Bonchev–Trinajstić information content (AvgIpc) is 3.41. The number of para-hydroxylation sites is 1. The number of hydrogen-bond donors (Lipinski definition) is 0. The summed E-state index contributed by atoms with van der Waals surface area (Å²) in [6, 6.07) is 35.8. The van der Waals surface area contributed by atoms with Gasteiger partial charge < -0.3 is 9.13 Å². The molecule has 0 spiro atoms. The van der Waals surface area contributed by atoms with Gasteiger partial charge in [-0.05, 0) is 96.9 Å². The standard InChI is InChI=1S/C35H27N3/c1-35(2,3)38-31-13-7-6-12-27(31)29-19-30-28-17-24-15-22-9-4-5-10-23(22)16-25(24)18-32(28)37(33(30)20-34(29)38)26-11-8-14-36-21-26/h4-21H,1-3H3. The molecule has 0 fully saturated rings. The Morgan fingerprint density at radius 2 is 1.18 bits per heavy atom. The van der Waals surface area contributed by atoms with E-state index in [1.165, 1.54) is 65.2 Å². The Bertz CT molecular complexity index is 2210. The minimum absolute atomic E-state index is 0.0606. The first-order valence-electron chi connectivity index (χ1n) is 13.2. The molecule has 3 nitrogen and oxygen atoms in total. The van der Waals surface area contributed by atoms with Crippen molar-refractivity contribution in [2.45, 2.75) is 26.3 Å². The normalized spacial score (nSPS) is 12.6. The monoisotopic (exact) mass is 489 g/mol. The zero-order valence-electron chi connectivity index (χ0n) is 21.7. The molecule has 0 unspecified atom stereocenters. The Morgan fingerprint density at radius 1 is 0.526 bits per heavy atom. The summed E-state index contributed by atoms with van der Waals surface area (Å²) in [5.41, 5.74) is 5.95. The van der Waals surface area contributed by atoms with Crippen molar-refractivity contribution in [3.8, 4) is 5.69 Å². The Morgan fingerprint density at radius 3 is 1.92 bits per heavy atom. The van der Waals surface area contributed by atoms with Gasteiger partial charge in [0.2, 0.25) is 0 Å². The predicted molar refractivity (Wildman–Crippen MR) is 162 cm³/mol. The van der Waals surface area contributed by atoms with Crippen LogP contribution in [0.2, 0.25) is 0 Å². The number of rotatable bonds is 1. The smallest absolute Gasteiger partial charge is 0.0645 e. The van der Waals surface area contributed by atoms with Gasteiger partial charge in [0.15, 0.2) is 0 Å². The minimum Gasteiger partial charge on any atom is -0.335 e. The van der Waals surface area contributed by atoms with Crippen molar-refractivity contribution in [2.75, 3.05) is 0 Å². The van der Waals surface area contributed by atoms with E-state index in [9.17, 15) is 0 Å². The van der Waals surface area contributed by atoms with E-state index in [1.807, 2.05) is 18.5 Å². The molecule has 8 aromatic rings. The molecule has 0 amide bonds. The Balaban J connectivity index is 1.60. The number of pyridine rings is 1. The van der Waals surface area contributed by atoms with Crippen molar-refractivity contribution < 1.29 is 0 Å². The van der Waals surface area contributed by atoms with E-state index < -0.39 is 0 Å². The van der Waals surface area contributed by atoms with E-state index in [-0.39, 0.29) is 5.54 Å². The van der Waals surface area contributed by atoms with Crippen LogP contribution in [-0.4, -0.2) is 14.1 Å². The van der Waals surface area contributed by atoms with Gasteiger partial charge >= 0.3 is 0 Å². The molecule has 0 aliphatic heterocycles. The predicted octanol–water partition coefficient (Wildman–Crippen LogP) is 9.35. The van der Waals surface area contributed by atoms with Crippen molar-refractivity contribution in [1.82, 2.24) is 14.1 Å². The molecular weight excluding hydrogens is 462 g/mol. The maximum absolute atomic E-state index is 4.49. The Kier molecular flexibility index (Phi) is 4.21. The minimum atomic E-state index is -0.0606. The Labute approximate surface area is 220 Å². The van der Waals surface area contributed by atoms with Crippen LogP contribution in [0.5, 0.6) is 0 Å². The summed E-state index contributed by atoms with van der Waals surface area (Å²) in [6.07, 6.45) is 3.81. The summed E-state index contributed by atoms with van der Waals surface area (Å²) in [7, 11) is 0. The maximum atomic E-state index is 4.49. The van der Waals surface area contributed by atoms with Crippen LogP contribution in [0.25, 0.3) is 70.8 Å². The molecule has 0 aliphatic rings. The second kappa shape index (κ2) is 7.45. The highest BCUT2D eigenvalue weighted by atomic mass is 15.1. The van der Waals surface area contributed by atoms with Gasteiger partial charge in [-0.1, -0.05) is 42.5 Å². The molecule has 0 saturated carbocycles. The molecule has 0 atom stereocenters. The van der Waals surface area contributed by atoms with Crippen LogP contribution >= 0.6 is 0 Å². The van der Waals surface area contributed by atoms with Crippen molar-refractivity contribution in [1.29, 1.82) is 0 Å². The van der Waals surface area contributed by atoms with Gasteiger partial charge in [0.05, 0.1) is 28.4 Å². The van der Waals surface area contributed by atoms with E-state index >= 15 is 0 Å². The fourth-order valence-electron chi connectivity index (χ4n) is 6.40.